The van der Waals surface area contributed by atoms with E-state index in [2.05, 4.69) is 20.7 Å². The highest BCUT2D eigenvalue weighted by atomic mass is 79.9. The van der Waals surface area contributed by atoms with Crippen molar-refractivity contribution in [2.75, 3.05) is 17.4 Å². The van der Waals surface area contributed by atoms with Crippen molar-refractivity contribution in [2.24, 2.45) is 0 Å². The number of hydrogen-bond donors (Lipinski definition) is 1. The molecule has 3 aromatic carbocycles. The van der Waals surface area contributed by atoms with Crippen molar-refractivity contribution < 1.29 is 13.2 Å². The van der Waals surface area contributed by atoms with Gasteiger partial charge in [0, 0.05) is 17.6 Å². The molecule has 3 aromatic rings. The maximum atomic E-state index is 12.3. The number of halogens is 1. The van der Waals surface area contributed by atoms with Crippen LogP contribution >= 0.6 is 15.9 Å². The molecule has 0 saturated carbocycles. The first-order valence-electron chi connectivity index (χ1n) is 8.20. The molecule has 1 fully saturated rings. The molecule has 26 heavy (non-hydrogen) atoms. The molecular weight excluding hydrogens is 416 g/mol. The van der Waals surface area contributed by atoms with Gasteiger partial charge in [-0.1, -0.05) is 52.3 Å². The van der Waals surface area contributed by atoms with Gasteiger partial charge in [0.05, 0.1) is 5.69 Å². The number of fused-ring (bicyclic) bond motifs is 1. The fourth-order valence-corrected chi connectivity index (χ4v) is 4.62. The Kier molecular flexibility index (Phi) is 4.60. The van der Waals surface area contributed by atoms with Crippen molar-refractivity contribution in [1.29, 1.82) is 0 Å². The van der Waals surface area contributed by atoms with Crippen molar-refractivity contribution in [3.63, 3.8) is 0 Å². The summed E-state index contributed by atoms with van der Waals surface area (Å²) in [4.78, 5) is 0. The summed E-state index contributed by atoms with van der Waals surface area (Å²) in [5.41, 5.74) is 1.58. The van der Waals surface area contributed by atoms with E-state index in [1.54, 1.807) is 0 Å². The van der Waals surface area contributed by atoms with Crippen LogP contribution in [0.1, 0.15) is 5.56 Å². The molecule has 1 heterocycles. The highest BCUT2D eigenvalue weighted by molar-refractivity contribution is 9.10. The van der Waals surface area contributed by atoms with Crippen molar-refractivity contribution in [2.45, 2.75) is 6.61 Å². The molecule has 5 nitrogen and oxygen atoms in total. The third-order valence-electron chi connectivity index (χ3n) is 4.28. The van der Waals surface area contributed by atoms with Crippen LogP contribution < -0.4 is 13.8 Å². The van der Waals surface area contributed by atoms with Gasteiger partial charge in [-0.2, -0.15) is 13.1 Å². The zero-order valence-corrected chi connectivity index (χ0v) is 16.3. The zero-order valence-electron chi connectivity index (χ0n) is 13.9. The van der Waals surface area contributed by atoms with Gasteiger partial charge in [0.25, 0.3) is 0 Å². The normalized spacial score (nSPS) is 16.1. The molecule has 0 spiro atoms. The third kappa shape index (κ3) is 3.42. The van der Waals surface area contributed by atoms with Gasteiger partial charge < -0.3 is 4.74 Å². The van der Waals surface area contributed by atoms with E-state index in [0.717, 1.165) is 20.8 Å². The Morgan fingerprint density at radius 3 is 2.58 bits per heavy atom. The molecule has 7 heteroatoms. The Hall–Kier alpha value is -2.09. The van der Waals surface area contributed by atoms with Gasteiger partial charge in [-0.3, -0.25) is 4.31 Å². The summed E-state index contributed by atoms with van der Waals surface area (Å²) in [5.74, 6) is 0.552. The van der Waals surface area contributed by atoms with E-state index >= 15 is 0 Å². The SMILES string of the molecule is O=S1(=O)NCCN1c1cc2cc(Br)ccc2cc1OCc1ccccc1. The predicted molar refractivity (Wildman–Crippen MR) is 107 cm³/mol. The summed E-state index contributed by atoms with van der Waals surface area (Å²) < 4.78 is 35.6. The molecule has 1 saturated heterocycles. The molecule has 1 aliphatic heterocycles. The second-order valence-corrected chi connectivity index (χ2v) is 8.65. The number of nitrogens with one attached hydrogen (secondary N) is 1. The Labute approximate surface area is 160 Å². The Morgan fingerprint density at radius 1 is 1.04 bits per heavy atom. The van der Waals surface area contributed by atoms with Crippen LogP contribution in [0.25, 0.3) is 10.8 Å². The standard InChI is InChI=1S/C19H17BrN2O3S/c20-17-7-6-15-12-19(25-13-14-4-2-1-3-5-14)18(11-16(15)10-17)22-9-8-21-26(22,23)24/h1-7,10-12,21H,8-9,13H2. The molecular formula is C19H17BrN2O3S. The molecule has 0 atom stereocenters. The van der Waals surface area contributed by atoms with Crippen molar-refractivity contribution in [3.8, 4) is 5.75 Å². The molecule has 0 aliphatic carbocycles. The second-order valence-electron chi connectivity index (χ2n) is 6.06. The number of benzene rings is 3. The van der Waals surface area contributed by atoms with Gasteiger partial charge in [-0.05, 0) is 40.6 Å². The Balaban J connectivity index is 1.78. The van der Waals surface area contributed by atoms with Gasteiger partial charge in [0.1, 0.15) is 12.4 Å². The van der Waals surface area contributed by atoms with Gasteiger partial charge in [0.15, 0.2) is 0 Å². The molecule has 1 N–H and O–H groups in total. The summed E-state index contributed by atoms with van der Waals surface area (Å²) in [6, 6.07) is 19.5. The van der Waals surface area contributed by atoms with Crippen LogP contribution in [0.2, 0.25) is 0 Å². The van der Waals surface area contributed by atoms with Crippen LogP contribution in [0, 0.1) is 0 Å². The first-order chi connectivity index (χ1) is 12.5. The Bertz CT molecular complexity index is 1060. The maximum absolute atomic E-state index is 12.3. The number of hydrogen-bond acceptors (Lipinski definition) is 3. The summed E-state index contributed by atoms with van der Waals surface area (Å²) >= 11 is 3.47. The quantitative estimate of drug-likeness (QED) is 0.681. The highest BCUT2D eigenvalue weighted by Gasteiger charge is 2.30. The fraction of sp³-hybridized carbons (Fsp3) is 0.158. The number of nitrogens with zero attached hydrogens (tertiary/aromatic N) is 1. The fourth-order valence-electron chi connectivity index (χ4n) is 3.01. The smallest absolute Gasteiger partial charge is 0.301 e. The minimum absolute atomic E-state index is 0.372. The van der Waals surface area contributed by atoms with Gasteiger partial charge in [-0.15, -0.1) is 0 Å². The van der Waals surface area contributed by atoms with Crippen LogP contribution in [0.3, 0.4) is 0 Å². The highest BCUT2D eigenvalue weighted by Crippen LogP contribution is 2.36. The van der Waals surface area contributed by atoms with E-state index in [9.17, 15) is 8.42 Å². The average molecular weight is 433 g/mol. The molecule has 0 bridgehead atoms. The molecule has 134 valence electrons. The summed E-state index contributed by atoms with van der Waals surface area (Å²) in [5, 5.41) is 1.94. The lowest BCUT2D eigenvalue weighted by Gasteiger charge is -2.21. The predicted octanol–water partition coefficient (Wildman–Crippen LogP) is 3.84. The van der Waals surface area contributed by atoms with Crippen LogP contribution in [-0.4, -0.2) is 21.5 Å². The largest absolute Gasteiger partial charge is 0.487 e. The minimum Gasteiger partial charge on any atom is -0.487 e. The van der Waals surface area contributed by atoms with Gasteiger partial charge in [0.2, 0.25) is 0 Å². The topological polar surface area (TPSA) is 58.6 Å². The lowest BCUT2D eigenvalue weighted by atomic mass is 10.1. The van der Waals surface area contributed by atoms with Crippen molar-refractivity contribution >= 4 is 42.6 Å². The van der Waals surface area contributed by atoms with Gasteiger partial charge >= 0.3 is 10.2 Å². The monoisotopic (exact) mass is 432 g/mol. The lowest BCUT2D eigenvalue weighted by molar-refractivity contribution is 0.307. The first kappa shape index (κ1) is 17.3. The molecule has 0 aromatic heterocycles. The zero-order chi connectivity index (χ0) is 18.1. The first-order valence-corrected chi connectivity index (χ1v) is 10.4. The number of ether oxygens (including phenoxy) is 1. The second kappa shape index (κ2) is 6.90. The van der Waals surface area contributed by atoms with E-state index in [-0.39, 0.29) is 0 Å². The number of rotatable bonds is 4. The molecule has 0 radical (unpaired) electrons. The van der Waals surface area contributed by atoms with Crippen LogP contribution in [0.4, 0.5) is 5.69 Å². The van der Waals surface area contributed by atoms with E-state index < -0.39 is 10.2 Å². The number of anilines is 1. The van der Waals surface area contributed by atoms with Crippen LogP contribution in [0.15, 0.2) is 65.1 Å². The average Bonchev–Trinajstić information content (AvgIpc) is 2.99. The lowest BCUT2D eigenvalue weighted by Crippen LogP contribution is -2.29. The van der Waals surface area contributed by atoms with Crippen molar-refractivity contribution in [1.82, 2.24) is 4.72 Å². The van der Waals surface area contributed by atoms with Crippen LogP contribution in [0.5, 0.6) is 5.75 Å². The minimum atomic E-state index is -3.53. The molecule has 4 rings (SSSR count). The van der Waals surface area contributed by atoms with Gasteiger partial charge in [-0.25, -0.2) is 0 Å². The van der Waals surface area contributed by atoms with Crippen LogP contribution in [-0.2, 0) is 16.8 Å². The maximum Gasteiger partial charge on any atom is 0.301 e. The summed E-state index contributed by atoms with van der Waals surface area (Å²) in [7, 11) is -3.53. The molecule has 0 amide bonds. The van der Waals surface area contributed by atoms with Crippen molar-refractivity contribution in [3.05, 3.63) is 70.7 Å². The molecule has 0 unspecified atom stereocenters. The Morgan fingerprint density at radius 2 is 1.85 bits per heavy atom. The summed E-state index contributed by atoms with van der Waals surface area (Å²) in [6.45, 7) is 1.14. The van der Waals surface area contributed by atoms with E-state index in [4.69, 9.17) is 4.74 Å². The summed E-state index contributed by atoms with van der Waals surface area (Å²) in [6.07, 6.45) is 0. The van der Waals surface area contributed by atoms with E-state index in [0.29, 0.717) is 31.1 Å². The van der Waals surface area contributed by atoms with E-state index in [1.807, 2.05) is 60.7 Å². The van der Waals surface area contributed by atoms with E-state index in [1.165, 1.54) is 4.31 Å². The molecule has 1 aliphatic rings. The third-order valence-corrected chi connectivity index (χ3v) is 6.30.